The Labute approximate surface area is 127 Å². The van der Waals surface area contributed by atoms with E-state index in [2.05, 4.69) is 5.10 Å². The Morgan fingerprint density at radius 1 is 0.952 bits per heavy atom. The molecule has 0 radical (unpaired) electrons. The normalized spacial score (nSPS) is 10.7. The van der Waals surface area contributed by atoms with Crippen molar-refractivity contribution in [1.29, 1.82) is 0 Å². The quantitative estimate of drug-likeness (QED) is 0.726. The molecule has 0 atom stereocenters. The summed E-state index contributed by atoms with van der Waals surface area (Å²) in [5, 5.41) is 5.46. The first kappa shape index (κ1) is 13.6. The second kappa shape index (κ2) is 5.54. The van der Waals surface area contributed by atoms with Crippen LogP contribution in [0.1, 0.15) is 5.69 Å². The number of aromatic nitrogens is 2. The molecule has 0 bridgehead atoms. The topological polar surface area (TPSA) is 69.9 Å². The average Bonchev–Trinajstić information content (AvgIpc) is 2.79. The van der Waals surface area contributed by atoms with Crippen molar-refractivity contribution >= 4 is 23.1 Å². The van der Waals surface area contributed by atoms with E-state index in [4.69, 9.17) is 11.5 Å². The first-order valence-electron chi connectivity index (χ1n) is 6.59. The summed E-state index contributed by atoms with van der Waals surface area (Å²) in [6.45, 7) is 1.92. The van der Waals surface area contributed by atoms with Crippen molar-refractivity contribution in [2.75, 3.05) is 11.5 Å². The van der Waals surface area contributed by atoms with Crippen molar-refractivity contribution in [3.8, 4) is 5.69 Å². The van der Waals surface area contributed by atoms with E-state index in [1.165, 1.54) is 0 Å². The van der Waals surface area contributed by atoms with Gasteiger partial charge in [-0.3, -0.25) is 0 Å². The molecule has 0 saturated carbocycles. The second-order valence-corrected chi connectivity index (χ2v) is 5.78. The van der Waals surface area contributed by atoms with Crippen LogP contribution in [0.15, 0.2) is 64.5 Å². The molecular formula is C16H16N4S. The maximum absolute atomic E-state index is 6.19. The maximum atomic E-state index is 6.19. The van der Waals surface area contributed by atoms with Gasteiger partial charge in [0, 0.05) is 10.6 Å². The minimum absolute atomic E-state index is 0.709. The maximum Gasteiger partial charge on any atom is 0.128 e. The van der Waals surface area contributed by atoms with Crippen LogP contribution < -0.4 is 11.5 Å². The van der Waals surface area contributed by atoms with Crippen LogP contribution in [0.4, 0.5) is 11.4 Å². The Morgan fingerprint density at radius 2 is 1.62 bits per heavy atom. The van der Waals surface area contributed by atoms with E-state index in [1.807, 2.05) is 66.2 Å². The van der Waals surface area contributed by atoms with Gasteiger partial charge >= 0.3 is 0 Å². The van der Waals surface area contributed by atoms with E-state index in [-0.39, 0.29) is 0 Å². The van der Waals surface area contributed by atoms with Crippen molar-refractivity contribution in [3.63, 3.8) is 0 Å². The molecule has 0 saturated heterocycles. The summed E-state index contributed by atoms with van der Waals surface area (Å²) in [5.74, 6) is 0. The summed E-state index contributed by atoms with van der Waals surface area (Å²) < 4.78 is 1.88. The molecule has 0 aliphatic rings. The van der Waals surface area contributed by atoms with E-state index in [1.54, 1.807) is 11.8 Å². The predicted molar refractivity (Wildman–Crippen MR) is 87.7 cm³/mol. The third-order valence-corrected chi connectivity index (χ3v) is 4.25. The van der Waals surface area contributed by atoms with Gasteiger partial charge in [0.25, 0.3) is 0 Å². The first-order valence-corrected chi connectivity index (χ1v) is 7.40. The van der Waals surface area contributed by atoms with Gasteiger partial charge in [-0.05, 0) is 43.3 Å². The lowest BCUT2D eigenvalue weighted by atomic mass is 10.3. The number of hydrogen-bond donors (Lipinski definition) is 2. The molecule has 0 unspecified atom stereocenters. The van der Waals surface area contributed by atoms with Crippen molar-refractivity contribution in [1.82, 2.24) is 9.78 Å². The highest BCUT2D eigenvalue weighted by Crippen LogP contribution is 2.35. The fraction of sp³-hybridized carbons (Fsp3) is 0.0625. The number of aryl methyl sites for hydroxylation is 1. The van der Waals surface area contributed by atoms with E-state index in [0.29, 0.717) is 5.69 Å². The van der Waals surface area contributed by atoms with Crippen LogP contribution in [-0.2, 0) is 0 Å². The standard InChI is InChI=1S/C16H16N4S/c1-11-15(18)16(21-14-9-7-12(17)8-10-14)20(19-11)13-5-3-2-4-6-13/h2-10H,17-18H2,1H3. The van der Waals surface area contributed by atoms with E-state index in [0.717, 1.165) is 27.0 Å². The summed E-state index contributed by atoms with van der Waals surface area (Å²) in [5.41, 5.74) is 15.2. The second-order valence-electron chi connectivity index (χ2n) is 4.72. The average molecular weight is 296 g/mol. The molecule has 0 fully saturated rings. The van der Waals surface area contributed by atoms with Crippen LogP contribution in [0.25, 0.3) is 5.69 Å². The highest BCUT2D eigenvalue weighted by Gasteiger charge is 2.15. The smallest absolute Gasteiger partial charge is 0.128 e. The van der Waals surface area contributed by atoms with E-state index < -0.39 is 0 Å². The van der Waals surface area contributed by atoms with Crippen molar-refractivity contribution in [2.24, 2.45) is 0 Å². The van der Waals surface area contributed by atoms with Crippen LogP contribution in [-0.4, -0.2) is 9.78 Å². The Balaban J connectivity index is 2.03. The summed E-state index contributed by atoms with van der Waals surface area (Å²) in [4.78, 5) is 1.08. The molecule has 1 aromatic heterocycles. The molecule has 21 heavy (non-hydrogen) atoms. The zero-order chi connectivity index (χ0) is 14.8. The number of benzene rings is 2. The third-order valence-electron chi connectivity index (χ3n) is 3.16. The first-order chi connectivity index (χ1) is 10.1. The van der Waals surface area contributed by atoms with Gasteiger partial charge in [0.15, 0.2) is 0 Å². The Bertz CT molecular complexity index is 748. The van der Waals surface area contributed by atoms with Crippen LogP contribution in [0.2, 0.25) is 0 Å². The van der Waals surface area contributed by atoms with Crippen LogP contribution in [0, 0.1) is 6.92 Å². The lowest BCUT2D eigenvalue weighted by Crippen LogP contribution is -1.98. The molecule has 0 aliphatic carbocycles. The molecule has 106 valence electrons. The van der Waals surface area contributed by atoms with Crippen LogP contribution in [0.5, 0.6) is 0 Å². The Kier molecular flexibility index (Phi) is 3.58. The summed E-state index contributed by atoms with van der Waals surface area (Å²) in [7, 11) is 0. The van der Waals surface area contributed by atoms with Gasteiger partial charge in [0.05, 0.1) is 17.1 Å². The fourth-order valence-corrected chi connectivity index (χ4v) is 2.99. The predicted octanol–water partition coefficient (Wildman–Crippen LogP) is 3.50. The Morgan fingerprint density at radius 3 is 2.29 bits per heavy atom. The summed E-state index contributed by atoms with van der Waals surface area (Å²) in [6, 6.07) is 17.7. The minimum Gasteiger partial charge on any atom is -0.399 e. The van der Waals surface area contributed by atoms with Gasteiger partial charge in [0.1, 0.15) is 5.03 Å². The van der Waals surface area contributed by atoms with Gasteiger partial charge in [-0.1, -0.05) is 30.0 Å². The molecule has 4 N–H and O–H groups in total. The van der Waals surface area contributed by atoms with Gasteiger partial charge in [-0.15, -0.1) is 0 Å². The number of nitrogens with zero attached hydrogens (tertiary/aromatic N) is 2. The number of rotatable bonds is 3. The highest BCUT2D eigenvalue weighted by atomic mass is 32.2. The summed E-state index contributed by atoms with van der Waals surface area (Å²) in [6.07, 6.45) is 0. The number of anilines is 2. The molecular weight excluding hydrogens is 280 g/mol. The lowest BCUT2D eigenvalue weighted by Gasteiger charge is -2.08. The molecule has 0 aliphatic heterocycles. The van der Waals surface area contributed by atoms with Crippen molar-refractivity contribution in [3.05, 3.63) is 60.3 Å². The van der Waals surface area contributed by atoms with Crippen LogP contribution >= 0.6 is 11.8 Å². The zero-order valence-electron chi connectivity index (χ0n) is 11.7. The summed E-state index contributed by atoms with van der Waals surface area (Å²) >= 11 is 1.59. The van der Waals surface area contributed by atoms with Gasteiger partial charge < -0.3 is 11.5 Å². The number of para-hydroxylation sites is 1. The highest BCUT2D eigenvalue weighted by molar-refractivity contribution is 7.99. The fourth-order valence-electron chi connectivity index (χ4n) is 2.01. The molecule has 5 heteroatoms. The molecule has 3 rings (SSSR count). The minimum atomic E-state index is 0.709. The van der Waals surface area contributed by atoms with Gasteiger partial charge in [-0.25, -0.2) is 4.68 Å². The van der Waals surface area contributed by atoms with Gasteiger partial charge in [0.2, 0.25) is 0 Å². The van der Waals surface area contributed by atoms with Crippen LogP contribution in [0.3, 0.4) is 0 Å². The van der Waals surface area contributed by atoms with E-state index in [9.17, 15) is 0 Å². The third kappa shape index (κ3) is 2.73. The molecule has 3 aromatic rings. The Hall–Kier alpha value is -2.40. The molecule has 4 nitrogen and oxygen atoms in total. The van der Waals surface area contributed by atoms with Gasteiger partial charge in [-0.2, -0.15) is 5.10 Å². The number of nitrogen functional groups attached to an aromatic ring is 2. The molecule has 1 heterocycles. The zero-order valence-corrected chi connectivity index (χ0v) is 12.5. The molecule has 2 aromatic carbocycles. The number of hydrogen-bond acceptors (Lipinski definition) is 4. The van der Waals surface area contributed by atoms with Crippen molar-refractivity contribution < 1.29 is 0 Å². The molecule has 0 spiro atoms. The SMILES string of the molecule is Cc1nn(-c2ccccc2)c(Sc2ccc(N)cc2)c1N. The lowest BCUT2D eigenvalue weighted by molar-refractivity contribution is 0.794. The monoisotopic (exact) mass is 296 g/mol. The largest absolute Gasteiger partial charge is 0.399 e. The number of nitrogens with two attached hydrogens (primary N) is 2. The van der Waals surface area contributed by atoms with E-state index >= 15 is 0 Å². The molecule has 0 amide bonds. The van der Waals surface area contributed by atoms with Crippen molar-refractivity contribution in [2.45, 2.75) is 16.8 Å².